The van der Waals surface area contributed by atoms with Crippen molar-refractivity contribution in [2.75, 3.05) is 13.7 Å². The van der Waals surface area contributed by atoms with Crippen molar-refractivity contribution in [1.29, 1.82) is 0 Å². The normalized spacial score (nSPS) is 18.6. The molecule has 6 nitrogen and oxygen atoms in total. The quantitative estimate of drug-likeness (QED) is 0.932. The molecular formula is C15H18N2O4. The Morgan fingerprint density at radius 3 is 3.05 bits per heavy atom. The average Bonchev–Trinajstić information content (AvgIpc) is 2.97. The monoisotopic (exact) mass is 290 g/mol. The Morgan fingerprint density at radius 1 is 1.38 bits per heavy atom. The van der Waals surface area contributed by atoms with Crippen LogP contribution < -0.4 is 4.74 Å². The molecule has 0 bridgehead atoms. The number of methoxy groups -OCH3 is 1. The minimum Gasteiger partial charge on any atom is -0.504 e. The molecule has 1 aliphatic heterocycles. The van der Waals surface area contributed by atoms with Gasteiger partial charge in [0.15, 0.2) is 17.3 Å². The first-order valence-corrected chi connectivity index (χ1v) is 7.08. The van der Waals surface area contributed by atoms with Gasteiger partial charge in [0, 0.05) is 18.6 Å². The zero-order chi connectivity index (χ0) is 14.7. The summed E-state index contributed by atoms with van der Waals surface area (Å²) in [6, 6.07) is 4.93. The predicted octanol–water partition coefficient (Wildman–Crippen LogP) is 2.56. The van der Waals surface area contributed by atoms with Crippen LogP contribution in [0.1, 0.15) is 25.1 Å². The van der Waals surface area contributed by atoms with Crippen molar-refractivity contribution in [3.63, 3.8) is 0 Å². The van der Waals surface area contributed by atoms with Gasteiger partial charge in [-0.25, -0.2) is 0 Å². The summed E-state index contributed by atoms with van der Waals surface area (Å²) in [5.74, 6) is 1.52. The maximum absolute atomic E-state index is 9.60. The highest BCUT2D eigenvalue weighted by Crippen LogP contribution is 2.30. The third-order valence-corrected chi connectivity index (χ3v) is 3.58. The molecule has 1 aromatic carbocycles. The number of benzene rings is 1. The highest BCUT2D eigenvalue weighted by molar-refractivity contribution is 5.59. The van der Waals surface area contributed by atoms with Crippen LogP contribution in [0.5, 0.6) is 11.5 Å². The third kappa shape index (κ3) is 3.16. The first-order valence-electron chi connectivity index (χ1n) is 7.08. The smallest absolute Gasteiger partial charge is 0.258 e. The van der Waals surface area contributed by atoms with Gasteiger partial charge in [0.25, 0.3) is 5.89 Å². The molecule has 1 unspecified atom stereocenters. The fourth-order valence-corrected chi connectivity index (χ4v) is 2.44. The van der Waals surface area contributed by atoms with E-state index in [1.165, 1.54) is 13.5 Å². The Morgan fingerprint density at radius 2 is 2.29 bits per heavy atom. The Hall–Kier alpha value is -2.08. The average molecular weight is 290 g/mol. The number of hydrogen-bond acceptors (Lipinski definition) is 6. The number of nitrogens with zero attached hydrogens (tertiary/aromatic N) is 2. The summed E-state index contributed by atoms with van der Waals surface area (Å²) in [6.45, 7) is 0.810. The number of aromatic nitrogens is 2. The van der Waals surface area contributed by atoms with Gasteiger partial charge in [0.1, 0.15) is 0 Å². The minimum atomic E-state index is 0.0802. The minimum absolute atomic E-state index is 0.0802. The van der Waals surface area contributed by atoms with Crippen LogP contribution in [0, 0.1) is 0 Å². The molecule has 1 N–H and O–H groups in total. The highest BCUT2D eigenvalue weighted by atomic mass is 16.5. The standard InChI is InChI=1S/C15H18N2O4/c1-19-13-8-10(5-6-12(13)18)15-16-14(17-21-15)9-11-4-2-3-7-20-11/h5-6,8,11,18H,2-4,7,9H2,1H3. The van der Waals surface area contributed by atoms with Crippen LogP contribution in [-0.4, -0.2) is 35.1 Å². The summed E-state index contributed by atoms with van der Waals surface area (Å²) < 4.78 is 16.0. The first kappa shape index (κ1) is 13.9. The Balaban J connectivity index is 1.74. The van der Waals surface area contributed by atoms with Gasteiger partial charge in [-0.15, -0.1) is 0 Å². The lowest BCUT2D eigenvalue weighted by Crippen LogP contribution is -2.21. The van der Waals surface area contributed by atoms with Gasteiger partial charge in [0.2, 0.25) is 0 Å². The maximum Gasteiger partial charge on any atom is 0.258 e. The van der Waals surface area contributed by atoms with Crippen molar-refractivity contribution in [2.24, 2.45) is 0 Å². The van der Waals surface area contributed by atoms with E-state index in [4.69, 9.17) is 14.0 Å². The highest BCUT2D eigenvalue weighted by Gasteiger charge is 2.18. The van der Waals surface area contributed by atoms with E-state index in [1.807, 2.05) is 0 Å². The second-order valence-electron chi connectivity index (χ2n) is 5.10. The van der Waals surface area contributed by atoms with Gasteiger partial charge in [-0.3, -0.25) is 0 Å². The largest absolute Gasteiger partial charge is 0.504 e. The van der Waals surface area contributed by atoms with Crippen molar-refractivity contribution in [2.45, 2.75) is 31.8 Å². The fourth-order valence-electron chi connectivity index (χ4n) is 2.44. The van der Waals surface area contributed by atoms with E-state index in [-0.39, 0.29) is 11.9 Å². The second kappa shape index (κ2) is 6.13. The van der Waals surface area contributed by atoms with Gasteiger partial charge in [-0.1, -0.05) is 5.16 Å². The summed E-state index contributed by atoms with van der Waals surface area (Å²) in [6.07, 6.45) is 4.19. The third-order valence-electron chi connectivity index (χ3n) is 3.58. The van der Waals surface area contributed by atoms with E-state index in [0.29, 0.717) is 29.4 Å². The molecule has 1 atom stereocenters. The lowest BCUT2D eigenvalue weighted by molar-refractivity contribution is 0.0153. The number of aromatic hydroxyl groups is 1. The first-order chi connectivity index (χ1) is 10.3. The molecule has 1 aromatic heterocycles. The molecular weight excluding hydrogens is 272 g/mol. The Labute approximate surface area is 122 Å². The van der Waals surface area contributed by atoms with Crippen molar-refractivity contribution in [3.8, 4) is 23.0 Å². The summed E-state index contributed by atoms with van der Waals surface area (Å²) in [7, 11) is 1.50. The zero-order valence-corrected chi connectivity index (χ0v) is 11.9. The van der Waals surface area contributed by atoms with Gasteiger partial charge in [0.05, 0.1) is 13.2 Å². The van der Waals surface area contributed by atoms with E-state index < -0.39 is 0 Å². The van der Waals surface area contributed by atoms with Crippen LogP contribution in [0.2, 0.25) is 0 Å². The summed E-state index contributed by atoms with van der Waals surface area (Å²) in [5, 5.41) is 13.6. The number of rotatable bonds is 4. The lowest BCUT2D eigenvalue weighted by Gasteiger charge is -2.20. The molecule has 6 heteroatoms. The van der Waals surface area contributed by atoms with E-state index in [2.05, 4.69) is 10.1 Å². The molecule has 0 radical (unpaired) electrons. The molecule has 1 aliphatic rings. The second-order valence-corrected chi connectivity index (χ2v) is 5.10. The predicted molar refractivity (Wildman–Crippen MR) is 75.2 cm³/mol. The topological polar surface area (TPSA) is 77.6 Å². The van der Waals surface area contributed by atoms with Crippen LogP contribution in [-0.2, 0) is 11.2 Å². The summed E-state index contributed by atoms with van der Waals surface area (Å²) >= 11 is 0. The molecule has 112 valence electrons. The van der Waals surface area contributed by atoms with Crippen molar-refractivity contribution in [1.82, 2.24) is 10.1 Å². The van der Waals surface area contributed by atoms with Gasteiger partial charge in [-0.2, -0.15) is 4.98 Å². The molecule has 1 fully saturated rings. The van der Waals surface area contributed by atoms with E-state index in [1.54, 1.807) is 18.2 Å². The van der Waals surface area contributed by atoms with E-state index in [9.17, 15) is 5.11 Å². The lowest BCUT2D eigenvalue weighted by atomic mass is 10.1. The maximum atomic E-state index is 9.60. The van der Waals surface area contributed by atoms with Crippen LogP contribution >= 0.6 is 0 Å². The van der Waals surface area contributed by atoms with Gasteiger partial charge < -0.3 is 19.1 Å². The Bertz CT molecular complexity index is 605. The van der Waals surface area contributed by atoms with Crippen molar-refractivity contribution in [3.05, 3.63) is 24.0 Å². The SMILES string of the molecule is COc1cc(-c2nc(CC3CCCCO3)no2)ccc1O. The summed E-state index contributed by atoms with van der Waals surface area (Å²) in [5.41, 5.74) is 0.716. The van der Waals surface area contributed by atoms with E-state index >= 15 is 0 Å². The van der Waals surface area contributed by atoms with Gasteiger partial charge in [-0.05, 0) is 37.5 Å². The molecule has 3 rings (SSSR count). The fraction of sp³-hybridized carbons (Fsp3) is 0.467. The molecule has 0 aliphatic carbocycles. The molecule has 21 heavy (non-hydrogen) atoms. The van der Waals surface area contributed by atoms with E-state index in [0.717, 1.165) is 19.4 Å². The van der Waals surface area contributed by atoms with Crippen LogP contribution in [0.15, 0.2) is 22.7 Å². The Kier molecular flexibility index (Phi) is 4.06. The molecule has 2 heterocycles. The zero-order valence-electron chi connectivity index (χ0n) is 11.9. The number of phenolic OH excluding ortho intramolecular Hbond substituents is 1. The van der Waals surface area contributed by atoms with Crippen molar-refractivity contribution >= 4 is 0 Å². The number of phenols is 1. The summed E-state index contributed by atoms with van der Waals surface area (Å²) in [4.78, 5) is 4.38. The van der Waals surface area contributed by atoms with Crippen LogP contribution in [0.4, 0.5) is 0 Å². The molecule has 0 amide bonds. The molecule has 0 saturated carbocycles. The number of ether oxygens (including phenoxy) is 2. The molecule has 1 saturated heterocycles. The molecule has 0 spiro atoms. The molecule has 2 aromatic rings. The van der Waals surface area contributed by atoms with Gasteiger partial charge >= 0.3 is 0 Å². The number of hydrogen-bond donors (Lipinski definition) is 1. The van der Waals surface area contributed by atoms with Crippen molar-refractivity contribution < 1.29 is 19.1 Å². The van der Waals surface area contributed by atoms with Crippen LogP contribution in [0.25, 0.3) is 11.5 Å². The van der Waals surface area contributed by atoms with Crippen LogP contribution in [0.3, 0.4) is 0 Å².